The van der Waals surface area contributed by atoms with E-state index in [9.17, 15) is 14.7 Å². The van der Waals surface area contributed by atoms with Crippen LogP contribution in [0.25, 0.3) is 10.9 Å². The molecule has 2 aliphatic rings. The van der Waals surface area contributed by atoms with Gasteiger partial charge in [0.15, 0.2) is 0 Å². The predicted molar refractivity (Wildman–Crippen MR) is 129 cm³/mol. The van der Waals surface area contributed by atoms with Crippen molar-refractivity contribution in [3.8, 4) is 5.75 Å². The van der Waals surface area contributed by atoms with Gasteiger partial charge in [-0.15, -0.1) is 0 Å². The third-order valence-corrected chi connectivity index (χ3v) is 7.15. The maximum atomic E-state index is 13.3. The minimum absolute atomic E-state index is 0.136. The molecule has 0 radical (unpaired) electrons. The number of benzene rings is 2. The second-order valence-electron chi connectivity index (χ2n) is 9.63. The molecule has 0 unspecified atom stereocenters. The quantitative estimate of drug-likeness (QED) is 0.358. The minimum atomic E-state index is -0.896. The highest BCUT2D eigenvalue weighted by atomic mass is 16.5. The van der Waals surface area contributed by atoms with Crippen LogP contribution < -0.4 is 10.2 Å². The molecule has 2 heterocycles. The first-order chi connectivity index (χ1) is 16.9. The highest BCUT2D eigenvalue weighted by Gasteiger charge is 2.64. The monoisotopic (exact) mass is 475 g/mol. The molecule has 0 spiro atoms. The van der Waals surface area contributed by atoms with Gasteiger partial charge < -0.3 is 14.7 Å². The van der Waals surface area contributed by atoms with Crippen molar-refractivity contribution in [2.24, 2.45) is 11.3 Å². The first-order valence-corrected chi connectivity index (χ1v) is 11.9. The number of nitrogens with one attached hydrogen (secondary N) is 1. The largest absolute Gasteiger partial charge is 0.489 e. The lowest BCUT2D eigenvalue weighted by Gasteiger charge is -2.24. The number of aliphatic hydroxyl groups is 1. The van der Waals surface area contributed by atoms with Crippen LogP contribution in [0.2, 0.25) is 0 Å². The molecule has 3 aromatic rings. The number of aliphatic hydroxyl groups excluding tert-OH is 1. The molecule has 8 heteroatoms. The lowest BCUT2D eigenvalue weighted by atomic mass is 9.92. The Morgan fingerprint density at radius 3 is 2.69 bits per heavy atom. The van der Waals surface area contributed by atoms with Crippen molar-refractivity contribution < 1.29 is 24.6 Å². The molecule has 1 saturated carbocycles. The van der Waals surface area contributed by atoms with Crippen LogP contribution in [0, 0.1) is 18.3 Å². The van der Waals surface area contributed by atoms with Crippen LogP contribution in [0.3, 0.4) is 0 Å². The Morgan fingerprint density at radius 2 is 1.97 bits per heavy atom. The van der Waals surface area contributed by atoms with E-state index >= 15 is 0 Å². The molecule has 3 atom stereocenters. The molecule has 2 fully saturated rings. The summed E-state index contributed by atoms with van der Waals surface area (Å²) < 4.78 is 6.05. The van der Waals surface area contributed by atoms with Crippen molar-refractivity contribution in [2.45, 2.75) is 38.9 Å². The first kappa shape index (κ1) is 23.3. The summed E-state index contributed by atoms with van der Waals surface area (Å²) in [6.45, 7) is 3.13. The van der Waals surface area contributed by atoms with Gasteiger partial charge in [0.25, 0.3) is 0 Å². The average Bonchev–Trinajstić information content (AvgIpc) is 3.43. The third-order valence-electron chi connectivity index (χ3n) is 7.15. The molecule has 182 valence electrons. The number of amides is 2. The van der Waals surface area contributed by atoms with Gasteiger partial charge >= 0.3 is 0 Å². The zero-order valence-electron chi connectivity index (χ0n) is 19.6. The van der Waals surface area contributed by atoms with Gasteiger partial charge in [-0.25, -0.2) is 5.48 Å². The lowest BCUT2D eigenvalue weighted by molar-refractivity contribution is -0.140. The molecule has 3 N–H and O–H groups in total. The Balaban J connectivity index is 1.29. The number of carbonyl (C=O) groups excluding carboxylic acids is 2. The van der Waals surface area contributed by atoms with Gasteiger partial charge in [0.2, 0.25) is 11.8 Å². The first-order valence-electron chi connectivity index (χ1n) is 11.9. The lowest BCUT2D eigenvalue weighted by Crippen LogP contribution is -2.40. The smallest absolute Gasteiger partial charge is 0.247 e. The number of aryl methyl sites for hydroxylation is 1. The Bertz CT molecular complexity index is 1260. The number of hydrogen-bond donors (Lipinski definition) is 3. The van der Waals surface area contributed by atoms with Crippen molar-refractivity contribution in [1.29, 1.82) is 0 Å². The molecule has 1 saturated heterocycles. The Morgan fingerprint density at radius 1 is 1.20 bits per heavy atom. The van der Waals surface area contributed by atoms with Crippen molar-refractivity contribution >= 4 is 22.7 Å². The Kier molecular flexibility index (Phi) is 6.17. The van der Waals surface area contributed by atoms with E-state index in [4.69, 9.17) is 9.94 Å². The maximum Gasteiger partial charge on any atom is 0.247 e. The minimum Gasteiger partial charge on any atom is -0.489 e. The van der Waals surface area contributed by atoms with Gasteiger partial charge in [0.05, 0.1) is 23.0 Å². The highest BCUT2D eigenvalue weighted by molar-refractivity contribution is 5.96. The number of hydrogen-bond acceptors (Lipinski definition) is 6. The van der Waals surface area contributed by atoms with E-state index in [1.807, 2.05) is 61.5 Å². The van der Waals surface area contributed by atoms with Gasteiger partial charge in [-0.3, -0.25) is 19.8 Å². The molecule has 8 nitrogen and oxygen atoms in total. The van der Waals surface area contributed by atoms with E-state index < -0.39 is 23.3 Å². The van der Waals surface area contributed by atoms with Crippen LogP contribution in [-0.2, 0) is 22.6 Å². The molecule has 2 aromatic carbocycles. The second-order valence-corrected chi connectivity index (χ2v) is 9.63. The summed E-state index contributed by atoms with van der Waals surface area (Å²) in [4.78, 5) is 31.6. The van der Waals surface area contributed by atoms with E-state index in [0.29, 0.717) is 38.2 Å². The Hall–Kier alpha value is -3.49. The highest BCUT2D eigenvalue weighted by Crippen LogP contribution is 2.56. The fraction of sp³-hybridized carbons (Fsp3) is 0.370. The summed E-state index contributed by atoms with van der Waals surface area (Å²) in [5, 5.41) is 20.0. The van der Waals surface area contributed by atoms with Gasteiger partial charge in [0, 0.05) is 29.7 Å². The summed E-state index contributed by atoms with van der Waals surface area (Å²) >= 11 is 0. The number of hydroxylamine groups is 1. The van der Waals surface area contributed by atoms with Crippen LogP contribution in [-0.4, -0.2) is 51.2 Å². The normalized spacial score (nSPS) is 23.3. The fourth-order valence-electron chi connectivity index (χ4n) is 5.22. The van der Waals surface area contributed by atoms with E-state index in [1.165, 1.54) is 0 Å². The molecule has 2 amide bonds. The number of carbonyl (C=O) groups is 2. The van der Waals surface area contributed by atoms with Crippen LogP contribution in [0.5, 0.6) is 5.75 Å². The molecule has 1 aliphatic carbocycles. The molecular weight excluding hydrogens is 446 g/mol. The number of β-amino-alcohol motifs (C(OH)–C–C–N with tert-alkyl or cyclic N) is 1. The van der Waals surface area contributed by atoms with Crippen LogP contribution in [0.15, 0.2) is 54.6 Å². The van der Waals surface area contributed by atoms with E-state index in [-0.39, 0.29) is 12.5 Å². The molecule has 5 rings (SSSR count). The van der Waals surface area contributed by atoms with Gasteiger partial charge in [-0.05, 0) is 56.0 Å². The van der Waals surface area contributed by atoms with Crippen molar-refractivity contribution in [1.82, 2.24) is 15.4 Å². The van der Waals surface area contributed by atoms with Crippen molar-refractivity contribution in [3.63, 3.8) is 0 Å². The number of fused-ring (bicyclic) bond motifs is 1. The number of rotatable bonds is 7. The number of para-hydroxylation sites is 1. The fourth-order valence-corrected chi connectivity index (χ4v) is 5.22. The van der Waals surface area contributed by atoms with Crippen LogP contribution in [0.1, 0.15) is 29.7 Å². The number of nitrogens with zero attached hydrogens (tertiary/aromatic N) is 2. The number of aromatic nitrogens is 1. The topological polar surface area (TPSA) is 112 Å². The number of ether oxygens (including phenoxy) is 1. The van der Waals surface area contributed by atoms with E-state index in [0.717, 1.165) is 27.7 Å². The van der Waals surface area contributed by atoms with Crippen LogP contribution >= 0.6 is 0 Å². The Labute approximate surface area is 203 Å². The van der Waals surface area contributed by atoms with E-state index in [1.54, 1.807) is 10.4 Å². The number of pyridine rings is 1. The zero-order chi connectivity index (χ0) is 24.6. The predicted octanol–water partition coefficient (Wildman–Crippen LogP) is 2.77. The summed E-state index contributed by atoms with van der Waals surface area (Å²) in [6, 6.07) is 17.6. The SMILES string of the molecule is Cc1cc(COc2ccc(C[C@]3(C(=O)N4CC[C@@H](O)C4)C[C@@H]3C(=O)NO)cc2)c2ccccc2n1. The summed E-state index contributed by atoms with van der Waals surface area (Å²) in [6.07, 6.45) is 0.761. The molecule has 1 aromatic heterocycles. The maximum absolute atomic E-state index is 13.3. The third kappa shape index (κ3) is 4.59. The molecule has 35 heavy (non-hydrogen) atoms. The summed E-state index contributed by atoms with van der Waals surface area (Å²) in [5.41, 5.74) is 4.64. The summed E-state index contributed by atoms with van der Waals surface area (Å²) in [5.74, 6) is -0.562. The van der Waals surface area contributed by atoms with Gasteiger partial charge in [-0.2, -0.15) is 0 Å². The van der Waals surface area contributed by atoms with Gasteiger partial charge in [0.1, 0.15) is 12.4 Å². The van der Waals surface area contributed by atoms with Crippen molar-refractivity contribution in [3.05, 3.63) is 71.4 Å². The average molecular weight is 476 g/mol. The van der Waals surface area contributed by atoms with Crippen LogP contribution in [0.4, 0.5) is 0 Å². The molecular formula is C27H29N3O5. The second kappa shape index (κ2) is 9.28. The van der Waals surface area contributed by atoms with Crippen molar-refractivity contribution in [2.75, 3.05) is 13.1 Å². The zero-order valence-corrected chi connectivity index (χ0v) is 19.6. The van der Waals surface area contributed by atoms with Gasteiger partial charge in [-0.1, -0.05) is 30.3 Å². The number of likely N-dealkylation sites (tertiary alicyclic amines) is 1. The molecule has 1 aliphatic heterocycles. The molecule has 0 bridgehead atoms. The van der Waals surface area contributed by atoms with E-state index in [2.05, 4.69) is 4.98 Å². The standard InChI is InChI=1S/C27H29N3O5/c1-17-12-19(22-4-2-3-5-24(22)28-17)16-35-21-8-6-18(7-9-21)13-27(14-23(27)25(32)29-34)26(33)30-11-10-20(31)15-30/h2-9,12,20,23,31,34H,10-11,13-16H2,1H3,(H,29,32)/t20-,23-,27+/m1/s1. The summed E-state index contributed by atoms with van der Waals surface area (Å²) in [7, 11) is 0.